The second-order valence-corrected chi connectivity index (χ2v) is 7.81. The van der Waals surface area contributed by atoms with Crippen LogP contribution < -0.4 is 15.5 Å². The molecule has 4 rings (SSSR count). The number of rotatable bonds is 5. The van der Waals surface area contributed by atoms with Crippen LogP contribution in [0.3, 0.4) is 0 Å². The second kappa shape index (κ2) is 8.45. The van der Waals surface area contributed by atoms with Crippen molar-refractivity contribution in [1.29, 1.82) is 0 Å². The van der Waals surface area contributed by atoms with Crippen molar-refractivity contribution in [2.75, 3.05) is 28.6 Å². The van der Waals surface area contributed by atoms with Gasteiger partial charge in [0.25, 0.3) is 11.8 Å². The van der Waals surface area contributed by atoms with Gasteiger partial charge in [-0.3, -0.25) is 9.59 Å². The van der Waals surface area contributed by atoms with E-state index in [1.54, 1.807) is 42.5 Å². The quantitative estimate of drug-likeness (QED) is 0.624. The second-order valence-electron chi connectivity index (χ2n) is 6.86. The molecule has 1 saturated heterocycles. The van der Waals surface area contributed by atoms with E-state index in [2.05, 4.69) is 15.5 Å². The van der Waals surface area contributed by atoms with Crippen LogP contribution in [0.4, 0.5) is 21.5 Å². The molecule has 2 aromatic carbocycles. The van der Waals surface area contributed by atoms with Gasteiger partial charge >= 0.3 is 0 Å². The summed E-state index contributed by atoms with van der Waals surface area (Å²) >= 11 is 1.34. The Morgan fingerprint density at radius 1 is 0.897 bits per heavy atom. The van der Waals surface area contributed by atoms with Crippen LogP contribution >= 0.6 is 11.3 Å². The van der Waals surface area contributed by atoms with Crippen LogP contribution in [0.2, 0.25) is 0 Å². The third-order valence-corrected chi connectivity index (χ3v) is 5.61. The van der Waals surface area contributed by atoms with E-state index in [0.29, 0.717) is 21.8 Å². The van der Waals surface area contributed by atoms with Gasteiger partial charge in [0.15, 0.2) is 0 Å². The Morgan fingerprint density at radius 2 is 1.69 bits per heavy atom. The molecule has 2 heterocycles. The van der Waals surface area contributed by atoms with Crippen LogP contribution in [-0.4, -0.2) is 24.9 Å². The molecule has 148 valence electrons. The van der Waals surface area contributed by atoms with Crippen molar-refractivity contribution in [2.45, 2.75) is 12.8 Å². The molecule has 1 aromatic heterocycles. The van der Waals surface area contributed by atoms with E-state index in [0.717, 1.165) is 31.6 Å². The van der Waals surface area contributed by atoms with Crippen LogP contribution in [0.1, 0.15) is 32.9 Å². The van der Waals surface area contributed by atoms with Crippen molar-refractivity contribution in [2.24, 2.45) is 0 Å². The van der Waals surface area contributed by atoms with E-state index in [-0.39, 0.29) is 17.6 Å². The molecule has 0 radical (unpaired) electrons. The molecule has 29 heavy (non-hydrogen) atoms. The van der Waals surface area contributed by atoms with Crippen molar-refractivity contribution in [1.82, 2.24) is 0 Å². The van der Waals surface area contributed by atoms with E-state index in [1.807, 2.05) is 5.38 Å². The summed E-state index contributed by atoms with van der Waals surface area (Å²) < 4.78 is 14.1. The Kier molecular flexibility index (Phi) is 5.57. The van der Waals surface area contributed by atoms with Crippen molar-refractivity contribution in [3.63, 3.8) is 0 Å². The minimum absolute atomic E-state index is 0.224. The average Bonchev–Trinajstić information content (AvgIpc) is 3.42. The maximum atomic E-state index is 14.1. The summed E-state index contributed by atoms with van der Waals surface area (Å²) in [6.45, 7) is 1.78. The summed E-state index contributed by atoms with van der Waals surface area (Å²) in [5.41, 5.74) is 2.08. The van der Waals surface area contributed by atoms with Gasteiger partial charge in [-0.15, -0.1) is 11.3 Å². The fourth-order valence-corrected chi connectivity index (χ4v) is 3.97. The normalized spacial score (nSPS) is 13.3. The summed E-state index contributed by atoms with van der Waals surface area (Å²) in [6, 6.07) is 14.8. The summed E-state index contributed by atoms with van der Waals surface area (Å²) in [5.74, 6) is -0.977. The molecule has 0 saturated carbocycles. The van der Waals surface area contributed by atoms with Crippen LogP contribution in [0, 0.1) is 5.82 Å². The fourth-order valence-electron chi connectivity index (χ4n) is 3.35. The molecule has 1 aliphatic rings. The Morgan fingerprint density at radius 3 is 2.45 bits per heavy atom. The SMILES string of the molecule is O=C(Nc1cc(F)cc(N2CCCC2)c1)c1cccc(NC(=O)c2cccs2)c1. The van der Waals surface area contributed by atoms with Crippen LogP contribution in [0.15, 0.2) is 60.0 Å². The lowest BCUT2D eigenvalue weighted by atomic mass is 10.1. The number of carbonyl (C=O) groups excluding carboxylic acids is 2. The number of halogens is 1. The summed E-state index contributed by atoms with van der Waals surface area (Å²) in [5, 5.41) is 7.37. The molecule has 0 unspecified atom stereocenters. The highest BCUT2D eigenvalue weighted by atomic mass is 32.1. The molecule has 1 fully saturated rings. The van der Waals surface area contributed by atoms with Crippen molar-refractivity contribution < 1.29 is 14.0 Å². The largest absolute Gasteiger partial charge is 0.371 e. The first-order chi connectivity index (χ1) is 14.1. The number of carbonyl (C=O) groups is 2. The molecule has 2 amide bonds. The number of nitrogens with zero attached hydrogens (tertiary/aromatic N) is 1. The lowest BCUT2D eigenvalue weighted by molar-refractivity contribution is 0.101. The molecule has 0 spiro atoms. The molecule has 0 atom stereocenters. The Hall–Kier alpha value is -3.19. The first kappa shape index (κ1) is 19.1. The number of thiophene rings is 1. The Bertz CT molecular complexity index is 1030. The monoisotopic (exact) mass is 409 g/mol. The van der Waals surface area contributed by atoms with Crippen LogP contribution in [0.5, 0.6) is 0 Å². The van der Waals surface area contributed by atoms with Gasteiger partial charge in [0.1, 0.15) is 5.82 Å². The zero-order chi connectivity index (χ0) is 20.2. The van der Waals surface area contributed by atoms with Gasteiger partial charge in [0.2, 0.25) is 0 Å². The summed E-state index contributed by atoms with van der Waals surface area (Å²) in [4.78, 5) is 27.6. The first-order valence-electron chi connectivity index (χ1n) is 9.40. The highest BCUT2D eigenvalue weighted by Gasteiger charge is 2.15. The van der Waals surface area contributed by atoms with E-state index in [9.17, 15) is 14.0 Å². The molecule has 0 aliphatic carbocycles. The van der Waals surface area contributed by atoms with Crippen LogP contribution in [0.25, 0.3) is 0 Å². The topological polar surface area (TPSA) is 61.4 Å². The minimum Gasteiger partial charge on any atom is -0.371 e. The van der Waals surface area contributed by atoms with Gasteiger partial charge in [-0.1, -0.05) is 12.1 Å². The maximum Gasteiger partial charge on any atom is 0.265 e. The number of hydrogen-bond acceptors (Lipinski definition) is 4. The summed E-state index contributed by atoms with van der Waals surface area (Å²) in [6.07, 6.45) is 2.17. The number of anilines is 3. The molecule has 7 heteroatoms. The molecule has 5 nitrogen and oxygen atoms in total. The molecular formula is C22H20FN3O2S. The molecular weight excluding hydrogens is 389 g/mol. The van der Waals surface area contributed by atoms with Crippen molar-refractivity contribution >= 4 is 40.2 Å². The van der Waals surface area contributed by atoms with Gasteiger partial charge in [0.05, 0.1) is 4.88 Å². The highest BCUT2D eigenvalue weighted by molar-refractivity contribution is 7.12. The standard InChI is InChI=1S/C22H20FN3O2S/c23-16-12-18(14-19(13-16)26-8-1-2-9-26)25-21(27)15-5-3-6-17(11-15)24-22(28)20-7-4-10-29-20/h3-7,10-14H,1-2,8-9H2,(H,24,28)(H,25,27). The number of amides is 2. The molecule has 0 bridgehead atoms. The predicted molar refractivity (Wildman–Crippen MR) is 115 cm³/mol. The molecule has 3 aromatic rings. The van der Waals surface area contributed by atoms with E-state index in [1.165, 1.54) is 23.5 Å². The maximum absolute atomic E-state index is 14.1. The minimum atomic E-state index is -0.387. The number of hydrogen-bond donors (Lipinski definition) is 2. The third-order valence-electron chi connectivity index (χ3n) is 4.74. The molecule has 1 aliphatic heterocycles. The molecule has 2 N–H and O–H groups in total. The average molecular weight is 409 g/mol. The van der Waals surface area contributed by atoms with Gasteiger partial charge < -0.3 is 15.5 Å². The number of nitrogens with one attached hydrogen (secondary N) is 2. The van der Waals surface area contributed by atoms with E-state index >= 15 is 0 Å². The predicted octanol–water partition coefficient (Wildman–Crippen LogP) is 4.99. The van der Waals surface area contributed by atoms with E-state index in [4.69, 9.17) is 0 Å². The van der Waals surface area contributed by atoms with Crippen molar-refractivity contribution in [3.05, 3.63) is 76.2 Å². The zero-order valence-electron chi connectivity index (χ0n) is 15.7. The number of benzene rings is 2. The summed E-state index contributed by atoms with van der Waals surface area (Å²) in [7, 11) is 0. The van der Waals surface area contributed by atoms with Crippen LogP contribution in [-0.2, 0) is 0 Å². The first-order valence-corrected chi connectivity index (χ1v) is 10.3. The lowest BCUT2D eigenvalue weighted by Gasteiger charge is -2.19. The van der Waals surface area contributed by atoms with Gasteiger partial charge in [-0.05, 0) is 60.7 Å². The highest BCUT2D eigenvalue weighted by Crippen LogP contribution is 2.25. The third kappa shape index (κ3) is 4.63. The van der Waals surface area contributed by atoms with Gasteiger partial charge in [0, 0.05) is 35.7 Å². The fraction of sp³-hybridized carbons (Fsp3) is 0.182. The van der Waals surface area contributed by atoms with Gasteiger partial charge in [-0.2, -0.15) is 0 Å². The van der Waals surface area contributed by atoms with Crippen molar-refractivity contribution in [3.8, 4) is 0 Å². The Balaban J connectivity index is 1.48. The smallest absolute Gasteiger partial charge is 0.265 e. The lowest BCUT2D eigenvalue weighted by Crippen LogP contribution is -2.18. The van der Waals surface area contributed by atoms with Gasteiger partial charge in [-0.25, -0.2) is 4.39 Å². The van der Waals surface area contributed by atoms with E-state index < -0.39 is 0 Å². The Labute approximate surface area is 172 Å². The zero-order valence-corrected chi connectivity index (χ0v) is 16.5.